The third-order valence-electron chi connectivity index (χ3n) is 5.44. The zero-order valence-electron chi connectivity index (χ0n) is 17.1. The van der Waals surface area contributed by atoms with Gasteiger partial charge in [0, 0.05) is 23.3 Å². The molecule has 2 aromatic rings. The first-order valence-corrected chi connectivity index (χ1v) is 9.82. The summed E-state index contributed by atoms with van der Waals surface area (Å²) in [7, 11) is 2.90. The zero-order chi connectivity index (χ0) is 20.3. The highest BCUT2D eigenvalue weighted by molar-refractivity contribution is 6.11. The predicted molar refractivity (Wildman–Crippen MR) is 108 cm³/mol. The van der Waals surface area contributed by atoms with Crippen molar-refractivity contribution in [2.45, 2.75) is 26.7 Å². The number of amides is 1. The van der Waals surface area contributed by atoms with Crippen molar-refractivity contribution in [3.8, 4) is 5.75 Å². The maximum atomic E-state index is 12.6. The molecule has 2 atom stereocenters. The molecular weight excluding hydrogens is 358 g/mol. The lowest BCUT2D eigenvalue weighted by Crippen LogP contribution is -3.14. The van der Waals surface area contributed by atoms with E-state index in [1.165, 1.54) is 18.4 Å². The Labute approximate surface area is 165 Å². The summed E-state index contributed by atoms with van der Waals surface area (Å²) in [5.74, 6) is 1.43. The molecule has 1 saturated heterocycles. The van der Waals surface area contributed by atoms with E-state index < -0.39 is 5.97 Å². The average Bonchev–Trinajstić information content (AvgIpc) is 3.02. The van der Waals surface area contributed by atoms with Crippen molar-refractivity contribution in [2.75, 3.05) is 39.2 Å². The van der Waals surface area contributed by atoms with Gasteiger partial charge in [0.2, 0.25) is 5.91 Å². The summed E-state index contributed by atoms with van der Waals surface area (Å²) in [6, 6.07) is 5.41. The molecule has 0 saturated carbocycles. The Balaban J connectivity index is 1.74. The maximum Gasteiger partial charge on any atom is 0.356 e. The molecule has 3 rings (SSSR count). The van der Waals surface area contributed by atoms with E-state index >= 15 is 0 Å². The van der Waals surface area contributed by atoms with Crippen molar-refractivity contribution < 1.29 is 24.0 Å². The van der Waals surface area contributed by atoms with Crippen LogP contribution in [0.5, 0.6) is 5.75 Å². The number of carbonyl (C=O) groups excluding carboxylic acids is 2. The lowest BCUT2D eigenvalue weighted by Gasteiger charge is -2.31. The van der Waals surface area contributed by atoms with E-state index in [0.29, 0.717) is 35.2 Å². The number of quaternary nitrogens is 1. The van der Waals surface area contributed by atoms with Gasteiger partial charge in [0.25, 0.3) is 0 Å². The molecule has 0 radical (unpaired) electrons. The van der Waals surface area contributed by atoms with Gasteiger partial charge in [-0.05, 0) is 18.6 Å². The van der Waals surface area contributed by atoms with Crippen LogP contribution in [0.4, 0.5) is 5.69 Å². The fourth-order valence-electron chi connectivity index (χ4n) is 4.31. The van der Waals surface area contributed by atoms with E-state index in [1.807, 2.05) is 6.07 Å². The van der Waals surface area contributed by atoms with Crippen LogP contribution in [-0.4, -0.2) is 50.7 Å². The highest BCUT2D eigenvalue weighted by atomic mass is 16.5. The third-order valence-corrected chi connectivity index (χ3v) is 5.44. The number of hydrogen-bond acceptors (Lipinski definition) is 4. The van der Waals surface area contributed by atoms with Gasteiger partial charge in [0.1, 0.15) is 11.4 Å². The number of fused-ring (bicyclic) bond motifs is 1. The summed E-state index contributed by atoms with van der Waals surface area (Å²) in [6.07, 6.45) is 1.68. The van der Waals surface area contributed by atoms with Crippen molar-refractivity contribution >= 4 is 28.5 Å². The van der Waals surface area contributed by atoms with Crippen LogP contribution >= 0.6 is 0 Å². The van der Waals surface area contributed by atoms with E-state index in [4.69, 9.17) is 9.47 Å². The number of aromatic amines is 1. The molecule has 152 valence electrons. The van der Waals surface area contributed by atoms with Gasteiger partial charge in [-0.2, -0.15) is 0 Å². The van der Waals surface area contributed by atoms with Crippen molar-refractivity contribution in [3.63, 3.8) is 0 Å². The minimum Gasteiger partial charge on any atom is -0.497 e. The number of ether oxygens (including phenoxy) is 2. The monoisotopic (exact) mass is 388 g/mol. The number of likely N-dealkylation sites (tertiary alicyclic amines) is 1. The molecule has 7 nitrogen and oxygen atoms in total. The molecule has 1 aliphatic rings. The quantitative estimate of drug-likeness (QED) is 0.660. The van der Waals surface area contributed by atoms with Crippen molar-refractivity contribution in [1.82, 2.24) is 4.98 Å². The van der Waals surface area contributed by atoms with Crippen LogP contribution in [0.3, 0.4) is 0 Å². The summed E-state index contributed by atoms with van der Waals surface area (Å²) in [5.41, 5.74) is 1.41. The van der Waals surface area contributed by atoms with Crippen LogP contribution < -0.4 is 15.0 Å². The Morgan fingerprint density at radius 2 is 1.93 bits per heavy atom. The van der Waals surface area contributed by atoms with Crippen LogP contribution in [0, 0.1) is 11.8 Å². The standard InChI is InChI=1S/C21H29N3O4/c1-13-9-14(2)12-24(11-13)8-7-18(25)23-19-16-6-5-15(27-3)10-17(16)22-20(19)21(26)28-4/h5-6,10,13-14,22H,7-9,11-12H2,1-4H3,(H,23,25)/p+1/t13-,14-/m1/s1. The molecule has 1 aromatic heterocycles. The molecule has 0 spiro atoms. The van der Waals surface area contributed by atoms with E-state index in [-0.39, 0.29) is 11.6 Å². The normalized spacial score (nSPS) is 22.1. The smallest absolute Gasteiger partial charge is 0.356 e. The number of benzene rings is 1. The predicted octanol–water partition coefficient (Wildman–Crippen LogP) is 1.85. The summed E-state index contributed by atoms with van der Waals surface area (Å²) >= 11 is 0. The van der Waals surface area contributed by atoms with Gasteiger partial charge < -0.3 is 24.7 Å². The van der Waals surface area contributed by atoms with Gasteiger partial charge >= 0.3 is 5.97 Å². The second kappa shape index (κ2) is 8.65. The number of aromatic nitrogens is 1. The van der Waals surface area contributed by atoms with Crippen molar-refractivity contribution in [1.29, 1.82) is 0 Å². The Morgan fingerprint density at radius 1 is 1.21 bits per heavy atom. The molecule has 1 aliphatic heterocycles. The Hall–Kier alpha value is -2.54. The SMILES string of the molecule is COC(=O)c1[nH]c2cc(OC)ccc2c1NC(=O)CC[NH+]1C[C@H](C)C[C@@H](C)C1. The van der Waals surface area contributed by atoms with Crippen LogP contribution in [-0.2, 0) is 9.53 Å². The summed E-state index contributed by atoms with van der Waals surface area (Å²) in [6.45, 7) is 7.57. The molecular formula is C21H30N3O4+. The van der Waals surface area contributed by atoms with Crippen LogP contribution in [0.1, 0.15) is 37.2 Å². The average molecular weight is 388 g/mol. The number of carbonyl (C=O) groups is 2. The minimum absolute atomic E-state index is 0.0970. The van der Waals surface area contributed by atoms with Crippen molar-refractivity contribution in [2.24, 2.45) is 11.8 Å². The number of methoxy groups -OCH3 is 2. The first-order valence-electron chi connectivity index (χ1n) is 9.82. The Kier molecular flexibility index (Phi) is 6.24. The molecule has 0 aliphatic carbocycles. The molecule has 1 amide bonds. The number of hydrogen-bond donors (Lipinski definition) is 3. The summed E-state index contributed by atoms with van der Waals surface area (Å²) in [4.78, 5) is 29.3. The first-order chi connectivity index (χ1) is 13.4. The number of H-pyrrole nitrogens is 1. The second-order valence-electron chi connectivity index (χ2n) is 7.93. The Bertz CT molecular complexity index is 851. The number of esters is 1. The van der Waals surface area contributed by atoms with Gasteiger partial charge in [0.05, 0.1) is 51.5 Å². The number of nitrogens with one attached hydrogen (secondary N) is 3. The van der Waals surface area contributed by atoms with E-state index in [2.05, 4.69) is 24.1 Å². The molecule has 0 bridgehead atoms. The summed E-state index contributed by atoms with van der Waals surface area (Å²) < 4.78 is 10.1. The van der Waals surface area contributed by atoms with E-state index in [9.17, 15) is 9.59 Å². The molecule has 28 heavy (non-hydrogen) atoms. The summed E-state index contributed by atoms with van der Waals surface area (Å²) in [5, 5.41) is 3.68. The fraction of sp³-hybridized carbons (Fsp3) is 0.524. The van der Waals surface area contributed by atoms with Crippen LogP contribution in [0.15, 0.2) is 18.2 Å². The van der Waals surface area contributed by atoms with Gasteiger partial charge in [-0.15, -0.1) is 0 Å². The first kappa shape index (κ1) is 20.2. The van der Waals surface area contributed by atoms with Crippen LogP contribution in [0.2, 0.25) is 0 Å². The largest absolute Gasteiger partial charge is 0.497 e. The highest BCUT2D eigenvalue weighted by Gasteiger charge is 2.26. The highest BCUT2D eigenvalue weighted by Crippen LogP contribution is 2.31. The number of anilines is 1. The second-order valence-corrected chi connectivity index (χ2v) is 7.93. The third kappa shape index (κ3) is 4.47. The molecule has 0 unspecified atom stereocenters. The molecule has 1 fully saturated rings. The molecule has 7 heteroatoms. The maximum absolute atomic E-state index is 12.6. The molecule has 3 N–H and O–H groups in total. The molecule has 1 aromatic carbocycles. The number of piperidine rings is 1. The van der Waals surface area contributed by atoms with Crippen molar-refractivity contribution in [3.05, 3.63) is 23.9 Å². The topological polar surface area (TPSA) is 84.9 Å². The Morgan fingerprint density at radius 3 is 2.57 bits per heavy atom. The van der Waals surface area contributed by atoms with Gasteiger partial charge in [-0.3, -0.25) is 4.79 Å². The van der Waals surface area contributed by atoms with Gasteiger partial charge in [-0.25, -0.2) is 4.79 Å². The van der Waals surface area contributed by atoms with E-state index in [0.717, 1.165) is 25.0 Å². The van der Waals surface area contributed by atoms with Gasteiger partial charge in [0.15, 0.2) is 0 Å². The number of rotatable bonds is 6. The molecule has 2 heterocycles. The van der Waals surface area contributed by atoms with Crippen LogP contribution in [0.25, 0.3) is 10.9 Å². The fourth-order valence-corrected chi connectivity index (χ4v) is 4.31. The lowest BCUT2D eigenvalue weighted by atomic mass is 9.92. The minimum atomic E-state index is -0.519. The lowest BCUT2D eigenvalue weighted by molar-refractivity contribution is -0.911. The zero-order valence-corrected chi connectivity index (χ0v) is 17.1. The van der Waals surface area contributed by atoms with E-state index in [1.54, 1.807) is 19.2 Å². The van der Waals surface area contributed by atoms with Gasteiger partial charge in [-0.1, -0.05) is 13.8 Å².